The fourth-order valence-corrected chi connectivity index (χ4v) is 3.46. The van der Waals surface area contributed by atoms with Crippen LogP contribution in [0.4, 0.5) is 5.69 Å². The number of carbonyl (C=O) groups excluding carboxylic acids is 1. The van der Waals surface area contributed by atoms with Gasteiger partial charge in [-0.25, -0.2) is 0 Å². The molecule has 1 aromatic carbocycles. The molecule has 1 atom stereocenters. The van der Waals surface area contributed by atoms with Crippen LogP contribution in [-0.2, 0) is 4.79 Å². The van der Waals surface area contributed by atoms with Gasteiger partial charge in [0, 0.05) is 20.8 Å². The number of thiophene rings is 1. The smallest absolute Gasteiger partial charge is 0.243 e. The molecule has 0 spiro atoms. The van der Waals surface area contributed by atoms with Gasteiger partial charge >= 0.3 is 0 Å². The number of amides is 1. The van der Waals surface area contributed by atoms with Crippen LogP contribution in [0.15, 0.2) is 39.5 Å². The van der Waals surface area contributed by atoms with E-state index in [4.69, 9.17) is 5.26 Å². The maximum atomic E-state index is 12.3. The van der Waals surface area contributed by atoms with Crippen LogP contribution in [0, 0.1) is 17.2 Å². The first-order chi connectivity index (χ1) is 11.5. The third-order valence-corrected chi connectivity index (χ3v) is 4.78. The lowest BCUT2D eigenvalue weighted by Crippen LogP contribution is -2.40. The third kappa shape index (κ3) is 5.08. The van der Waals surface area contributed by atoms with Crippen LogP contribution >= 0.6 is 27.3 Å². The van der Waals surface area contributed by atoms with Crippen molar-refractivity contribution in [1.29, 1.82) is 5.26 Å². The number of anilines is 1. The molecule has 126 valence electrons. The van der Waals surface area contributed by atoms with Gasteiger partial charge in [-0.2, -0.15) is 5.26 Å². The Hall–Kier alpha value is -1.84. The molecule has 2 N–H and O–H groups in total. The summed E-state index contributed by atoms with van der Waals surface area (Å²) in [7, 11) is 0. The van der Waals surface area contributed by atoms with Crippen LogP contribution in [0.1, 0.15) is 20.3 Å². The minimum Gasteiger partial charge on any atom is -0.372 e. The number of nitrogens with zero attached hydrogens (tertiary/aromatic N) is 1. The highest BCUT2D eigenvalue weighted by atomic mass is 79.9. The molecule has 24 heavy (non-hydrogen) atoms. The summed E-state index contributed by atoms with van der Waals surface area (Å²) in [5.74, 6) is 0.225. The summed E-state index contributed by atoms with van der Waals surface area (Å²) in [4.78, 5) is 12.3. The Kier molecular flexibility index (Phi) is 6.83. The van der Waals surface area contributed by atoms with Gasteiger partial charge < -0.3 is 10.6 Å². The second kappa shape index (κ2) is 8.86. The van der Waals surface area contributed by atoms with Gasteiger partial charge in [-0.05, 0) is 30.0 Å². The van der Waals surface area contributed by atoms with Crippen LogP contribution < -0.4 is 10.6 Å². The van der Waals surface area contributed by atoms with Crippen LogP contribution in [0.2, 0.25) is 0 Å². The Morgan fingerprint density at radius 3 is 2.62 bits per heavy atom. The van der Waals surface area contributed by atoms with Crippen molar-refractivity contribution in [3.8, 4) is 17.2 Å². The van der Waals surface area contributed by atoms with Crippen molar-refractivity contribution >= 4 is 38.9 Å². The molecule has 1 heterocycles. The second-order valence-corrected chi connectivity index (χ2v) is 7.57. The van der Waals surface area contributed by atoms with Crippen LogP contribution in [0.3, 0.4) is 0 Å². The van der Waals surface area contributed by atoms with E-state index in [2.05, 4.69) is 45.8 Å². The van der Waals surface area contributed by atoms with Gasteiger partial charge in [0.1, 0.15) is 12.6 Å². The monoisotopic (exact) mass is 405 g/mol. The molecule has 1 amide bonds. The van der Waals surface area contributed by atoms with E-state index < -0.39 is 0 Å². The average Bonchev–Trinajstić information content (AvgIpc) is 3.00. The molecule has 0 aliphatic rings. The minimum atomic E-state index is -0.359. The van der Waals surface area contributed by atoms with Crippen LogP contribution in [0.25, 0.3) is 11.1 Å². The molecular weight excluding hydrogens is 386 g/mol. The van der Waals surface area contributed by atoms with E-state index >= 15 is 0 Å². The molecule has 0 aliphatic heterocycles. The zero-order valence-corrected chi connectivity index (χ0v) is 16.1. The number of nitriles is 1. The Morgan fingerprint density at radius 1 is 1.29 bits per heavy atom. The summed E-state index contributed by atoms with van der Waals surface area (Å²) in [6.45, 7) is 4.18. The van der Waals surface area contributed by atoms with E-state index in [-0.39, 0.29) is 18.5 Å². The molecule has 0 saturated carbocycles. The standard InChI is InChI=1S/C18H20BrN3OS/c1-12(2)9-16(18(23)21-8-7-20)22-17-11-24-10-15(17)13-3-5-14(19)6-4-13/h3-6,10-12,16,22H,8-9H2,1-2H3,(H,21,23)/t16-/m0/s1. The lowest BCUT2D eigenvalue weighted by Gasteiger charge is -2.21. The molecule has 2 rings (SSSR count). The first-order valence-corrected chi connectivity index (χ1v) is 9.48. The quantitative estimate of drug-likeness (QED) is 0.659. The SMILES string of the molecule is CC(C)C[C@H](Nc1cscc1-c1ccc(Br)cc1)C(=O)NCC#N. The first-order valence-electron chi connectivity index (χ1n) is 7.74. The molecule has 4 nitrogen and oxygen atoms in total. The molecule has 2 aromatic rings. The summed E-state index contributed by atoms with van der Waals surface area (Å²) in [5, 5.41) is 18.8. The fraction of sp³-hybridized carbons (Fsp3) is 0.333. The van der Waals surface area contributed by atoms with Crippen molar-refractivity contribution in [2.45, 2.75) is 26.3 Å². The van der Waals surface area contributed by atoms with Crippen molar-refractivity contribution in [1.82, 2.24) is 5.32 Å². The molecule has 0 bridgehead atoms. The Labute approximate surface area is 155 Å². The van der Waals surface area contributed by atoms with E-state index in [0.29, 0.717) is 12.3 Å². The van der Waals surface area contributed by atoms with Crippen LogP contribution in [0.5, 0.6) is 0 Å². The molecule has 6 heteroatoms. The summed E-state index contributed by atoms with van der Waals surface area (Å²) in [6.07, 6.45) is 0.701. The highest BCUT2D eigenvalue weighted by Crippen LogP contribution is 2.33. The Balaban J connectivity index is 2.20. The highest BCUT2D eigenvalue weighted by Gasteiger charge is 2.21. The summed E-state index contributed by atoms with van der Waals surface area (Å²) >= 11 is 5.04. The van der Waals surface area contributed by atoms with Gasteiger partial charge in [0.15, 0.2) is 0 Å². The zero-order valence-electron chi connectivity index (χ0n) is 13.7. The normalized spacial score (nSPS) is 11.8. The largest absolute Gasteiger partial charge is 0.372 e. The maximum Gasteiger partial charge on any atom is 0.243 e. The number of rotatable bonds is 7. The predicted octanol–water partition coefficient (Wildman–Crippen LogP) is 4.64. The Morgan fingerprint density at radius 2 is 2.00 bits per heavy atom. The first kappa shape index (κ1) is 18.5. The second-order valence-electron chi connectivity index (χ2n) is 5.91. The molecule has 0 unspecified atom stereocenters. The van der Waals surface area contributed by atoms with Crippen molar-refractivity contribution in [3.63, 3.8) is 0 Å². The summed E-state index contributed by atoms with van der Waals surface area (Å²) in [6, 6.07) is 9.68. The molecule has 0 fully saturated rings. The number of nitrogens with one attached hydrogen (secondary N) is 2. The van der Waals surface area contributed by atoms with Crippen molar-refractivity contribution in [2.24, 2.45) is 5.92 Å². The molecule has 0 saturated heterocycles. The number of benzene rings is 1. The minimum absolute atomic E-state index is 0.0261. The summed E-state index contributed by atoms with van der Waals surface area (Å²) in [5.41, 5.74) is 3.12. The zero-order chi connectivity index (χ0) is 17.5. The number of carbonyl (C=O) groups is 1. The van der Waals surface area contributed by atoms with Crippen molar-refractivity contribution in [2.75, 3.05) is 11.9 Å². The fourth-order valence-electron chi connectivity index (χ4n) is 2.40. The molecular formula is C18H20BrN3OS. The average molecular weight is 406 g/mol. The van der Waals surface area contributed by atoms with Gasteiger partial charge in [-0.15, -0.1) is 11.3 Å². The Bertz CT molecular complexity index is 719. The van der Waals surface area contributed by atoms with E-state index in [1.807, 2.05) is 35.7 Å². The molecule has 1 aromatic heterocycles. The van der Waals surface area contributed by atoms with E-state index in [9.17, 15) is 4.79 Å². The maximum absolute atomic E-state index is 12.3. The number of hydrogen-bond donors (Lipinski definition) is 2. The lowest BCUT2D eigenvalue weighted by atomic mass is 10.0. The van der Waals surface area contributed by atoms with Gasteiger partial charge in [0.2, 0.25) is 5.91 Å². The van der Waals surface area contributed by atoms with E-state index in [1.165, 1.54) is 0 Å². The molecule has 0 aliphatic carbocycles. The van der Waals surface area contributed by atoms with Gasteiger partial charge in [0.25, 0.3) is 0 Å². The lowest BCUT2D eigenvalue weighted by molar-refractivity contribution is -0.121. The third-order valence-electron chi connectivity index (χ3n) is 3.51. The van der Waals surface area contributed by atoms with Crippen molar-refractivity contribution in [3.05, 3.63) is 39.5 Å². The topological polar surface area (TPSA) is 64.9 Å². The predicted molar refractivity (Wildman–Crippen MR) is 103 cm³/mol. The highest BCUT2D eigenvalue weighted by molar-refractivity contribution is 9.10. The van der Waals surface area contributed by atoms with Gasteiger partial charge in [-0.3, -0.25) is 4.79 Å². The van der Waals surface area contributed by atoms with E-state index in [0.717, 1.165) is 21.3 Å². The van der Waals surface area contributed by atoms with Crippen molar-refractivity contribution < 1.29 is 4.79 Å². The van der Waals surface area contributed by atoms with E-state index in [1.54, 1.807) is 11.3 Å². The van der Waals surface area contributed by atoms with Crippen LogP contribution in [-0.4, -0.2) is 18.5 Å². The van der Waals surface area contributed by atoms with Gasteiger partial charge in [0.05, 0.1) is 11.8 Å². The van der Waals surface area contributed by atoms with Gasteiger partial charge in [-0.1, -0.05) is 41.9 Å². The summed E-state index contributed by atoms with van der Waals surface area (Å²) < 4.78 is 1.03. The number of hydrogen-bond acceptors (Lipinski definition) is 4. The molecule has 0 radical (unpaired) electrons. The number of halogens is 1.